The number of hydrogen-bond acceptors (Lipinski definition) is 7. The summed E-state index contributed by atoms with van der Waals surface area (Å²) in [5.74, 6) is -2.30. The normalized spacial score (nSPS) is 15.3. The number of carbonyl (C=O) groups excluding carboxylic acids is 5. The van der Waals surface area contributed by atoms with Crippen LogP contribution in [-0.2, 0) is 35.3 Å². The number of nitrogens with zero attached hydrogens (tertiary/aromatic N) is 2. The van der Waals surface area contributed by atoms with Gasteiger partial charge in [-0.05, 0) is 62.8 Å². The molecule has 0 saturated carbocycles. The molecule has 11 nitrogen and oxygen atoms in total. The Labute approximate surface area is 295 Å². The minimum Gasteiger partial charge on any atom is -0.458 e. The van der Waals surface area contributed by atoms with E-state index in [-0.39, 0.29) is 30.3 Å². The van der Waals surface area contributed by atoms with Gasteiger partial charge in [0, 0.05) is 14.1 Å². The van der Waals surface area contributed by atoms with Crippen molar-refractivity contribution in [3.05, 3.63) is 35.9 Å². The maximum atomic E-state index is 14.2. The lowest BCUT2D eigenvalue weighted by Gasteiger charge is -2.36. The van der Waals surface area contributed by atoms with Gasteiger partial charge in [-0.1, -0.05) is 98.6 Å². The number of carbonyl (C=O) groups is 5. The van der Waals surface area contributed by atoms with Crippen LogP contribution in [0.25, 0.3) is 0 Å². The van der Waals surface area contributed by atoms with Gasteiger partial charge in [-0.2, -0.15) is 0 Å². The highest BCUT2D eigenvalue weighted by molar-refractivity contribution is 5.95. The van der Waals surface area contributed by atoms with Crippen molar-refractivity contribution in [2.75, 3.05) is 14.1 Å². The van der Waals surface area contributed by atoms with Crippen molar-refractivity contribution >= 4 is 29.8 Å². The van der Waals surface area contributed by atoms with Crippen molar-refractivity contribution in [1.29, 1.82) is 0 Å². The van der Waals surface area contributed by atoms with Gasteiger partial charge in [0.05, 0.1) is 0 Å². The Bertz CT molecular complexity index is 1210. The third-order valence-corrected chi connectivity index (χ3v) is 8.72. The fraction of sp³-hybridized carbons (Fsp3) is 0.711. The fourth-order valence-corrected chi connectivity index (χ4v) is 5.31. The van der Waals surface area contributed by atoms with Crippen molar-refractivity contribution in [2.24, 2.45) is 23.7 Å². The molecule has 0 aliphatic carbocycles. The monoisotopic (exact) mass is 688 g/mol. The lowest BCUT2D eigenvalue weighted by Crippen LogP contribution is -2.60. The quantitative estimate of drug-likeness (QED) is 0.182. The Morgan fingerprint density at radius 1 is 0.714 bits per heavy atom. The third-order valence-electron chi connectivity index (χ3n) is 8.72. The number of benzene rings is 1. The summed E-state index contributed by atoms with van der Waals surface area (Å²) in [6.45, 7) is 20.8. The Morgan fingerprint density at radius 3 is 1.61 bits per heavy atom. The molecule has 4 amide bonds. The Morgan fingerprint density at radius 2 is 1.16 bits per heavy atom. The number of rotatable bonds is 18. The summed E-state index contributed by atoms with van der Waals surface area (Å²) in [6.07, 6.45) is 1.23. The van der Waals surface area contributed by atoms with Gasteiger partial charge in [0.2, 0.25) is 17.7 Å². The molecule has 0 saturated heterocycles. The van der Waals surface area contributed by atoms with Crippen molar-refractivity contribution in [3.63, 3.8) is 0 Å². The van der Waals surface area contributed by atoms with Crippen molar-refractivity contribution < 1.29 is 33.4 Å². The van der Waals surface area contributed by atoms with Crippen LogP contribution >= 0.6 is 0 Å². The van der Waals surface area contributed by atoms with Crippen LogP contribution in [-0.4, -0.2) is 83.4 Å². The van der Waals surface area contributed by atoms with E-state index in [1.165, 1.54) is 16.8 Å². The largest absolute Gasteiger partial charge is 0.458 e. The van der Waals surface area contributed by atoms with E-state index in [9.17, 15) is 24.0 Å². The molecule has 0 fully saturated rings. The molecule has 0 aliphatic heterocycles. The lowest BCUT2D eigenvalue weighted by molar-refractivity contribution is -0.160. The van der Waals surface area contributed by atoms with Crippen LogP contribution in [0.15, 0.2) is 30.3 Å². The summed E-state index contributed by atoms with van der Waals surface area (Å²) in [5, 5.41) is 5.83. The van der Waals surface area contributed by atoms with Crippen LogP contribution in [0.4, 0.5) is 4.79 Å². The standard InChI is InChI=1S/C38H64N4O7/c1-14-26(7)31(39-34(44)30(22-25(5)6)42(13)37(47)48-23-28-19-17-16-18-20-28)35(45)41(12)29(21-24(3)4)33(43)40-32(27(8)15-2)36(46)49-38(9,10)11/h16-20,24-27,29-32H,14-15,21-23H2,1-13H3,(H,39,44)(H,40,43)/t26-,27-,29-,30-,31-,32-/m0/s1. The van der Waals surface area contributed by atoms with E-state index in [0.29, 0.717) is 25.7 Å². The van der Waals surface area contributed by atoms with E-state index >= 15 is 0 Å². The Balaban J connectivity index is 3.32. The Hall–Kier alpha value is -3.63. The molecule has 0 spiro atoms. The molecule has 0 heterocycles. The molecule has 1 rings (SSSR count). The van der Waals surface area contributed by atoms with Crippen LogP contribution < -0.4 is 10.6 Å². The molecular formula is C38H64N4O7. The zero-order valence-electron chi connectivity index (χ0n) is 32.3. The van der Waals surface area contributed by atoms with Gasteiger partial charge in [0.15, 0.2) is 0 Å². The molecule has 11 heteroatoms. The van der Waals surface area contributed by atoms with E-state index < -0.39 is 59.6 Å². The average Bonchev–Trinajstić information content (AvgIpc) is 3.03. The number of esters is 1. The molecule has 0 bridgehead atoms. The maximum Gasteiger partial charge on any atom is 0.410 e. The molecule has 6 atom stereocenters. The average molecular weight is 689 g/mol. The molecule has 49 heavy (non-hydrogen) atoms. The van der Waals surface area contributed by atoms with Crippen LogP contribution in [0.2, 0.25) is 0 Å². The molecule has 278 valence electrons. The highest BCUT2D eigenvalue weighted by atomic mass is 16.6. The predicted molar refractivity (Wildman–Crippen MR) is 192 cm³/mol. The SMILES string of the molecule is CC[C@H](C)[C@H](NC(=O)[C@H](CC(C)C)N(C)C(=O)[C@@H](NC(=O)[C@H](CC(C)C)N(C)C(=O)OCc1ccccc1)[C@@H](C)CC)C(=O)OC(C)(C)C. The molecule has 0 unspecified atom stereocenters. The summed E-state index contributed by atoms with van der Waals surface area (Å²) in [6, 6.07) is 5.60. The molecule has 1 aromatic carbocycles. The predicted octanol–water partition coefficient (Wildman–Crippen LogP) is 5.95. The second-order valence-electron chi connectivity index (χ2n) is 15.2. The van der Waals surface area contributed by atoms with Gasteiger partial charge in [-0.3, -0.25) is 19.3 Å². The summed E-state index contributed by atoms with van der Waals surface area (Å²) in [5.41, 5.74) is 0.0839. The number of amides is 4. The van der Waals surface area contributed by atoms with E-state index in [0.717, 1.165) is 5.56 Å². The topological polar surface area (TPSA) is 134 Å². The second-order valence-corrected chi connectivity index (χ2v) is 15.2. The molecule has 0 aromatic heterocycles. The Kier molecular flexibility index (Phi) is 17.8. The van der Waals surface area contributed by atoms with Crippen LogP contribution in [0, 0.1) is 23.7 Å². The minimum atomic E-state index is -0.968. The summed E-state index contributed by atoms with van der Waals surface area (Å²) in [4.78, 5) is 71.0. The van der Waals surface area contributed by atoms with Gasteiger partial charge in [0.1, 0.15) is 36.4 Å². The van der Waals surface area contributed by atoms with Crippen molar-refractivity contribution in [3.8, 4) is 0 Å². The van der Waals surface area contributed by atoms with Crippen LogP contribution in [0.1, 0.15) is 107 Å². The van der Waals surface area contributed by atoms with Crippen molar-refractivity contribution in [2.45, 2.75) is 138 Å². The van der Waals surface area contributed by atoms with Crippen LogP contribution in [0.5, 0.6) is 0 Å². The molecule has 1 aromatic rings. The van der Waals surface area contributed by atoms with Gasteiger partial charge >= 0.3 is 12.1 Å². The first-order chi connectivity index (χ1) is 22.7. The fourth-order valence-electron chi connectivity index (χ4n) is 5.31. The molecule has 2 N–H and O–H groups in total. The van der Waals surface area contributed by atoms with Crippen LogP contribution in [0.3, 0.4) is 0 Å². The first-order valence-electron chi connectivity index (χ1n) is 17.8. The van der Waals surface area contributed by atoms with Gasteiger partial charge in [-0.25, -0.2) is 9.59 Å². The second kappa shape index (κ2) is 20.1. The van der Waals surface area contributed by atoms with Gasteiger partial charge < -0.3 is 25.0 Å². The summed E-state index contributed by atoms with van der Waals surface area (Å²) < 4.78 is 11.1. The maximum absolute atomic E-state index is 14.2. The summed E-state index contributed by atoms with van der Waals surface area (Å²) >= 11 is 0. The zero-order valence-corrected chi connectivity index (χ0v) is 32.3. The first-order valence-corrected chi connectivity index (χ1v) is 17.8. The highest BCUT2D eigenvalue weighted by Gasteiger charge is 2.39. The minimum absolute atomic E-state index is 0.0391. The highest BCUT2D eigenvalue weighted by Crippen LogP contribution is 2.20. The molecule has 0 radical (unpaired) electrons. The number of hydrogen-bond donors (Lipinski definition) is 2. The smallest absolute Gasteiger partial charge is 0.410 e. The van der Waals surface area contributed by atoms with E-state index in [2.05, 4.69) is 10.6 Å². The van der Waals surface area contributed by atoms with E-state index in [4.69, 9.17) is 9.47 Å². The number of ether oxygens (including phenoxy) is 2. The number of nitrogens with one attached hydrogen (secondary N) is 2. The molecular weight excluding hydrogens is 624 g/mol. The summed E-state index contributed by atoms with van der Waals surface area (Å²) in [7, 11) is 3.08. The van der Waals surface area contributed by atoms with Gasteiger partial charge in [0.25, 0.3) is 0 Å². The van der Waals surface area contributed by atoms with Gasteiger partial charge in [-0.15, -0.1) is 0 Å². The first kappa shape index (κ1) is 43.4. The van der Waals surface area contributed by atoms with E-state index in [1.807, 2.05) is 85.7 Å². The lowest BCUT2D eigenvalue weighted by atomic mass is 9.94. The molecule has 0 aliphatic rings. The zero-order chi connectivity index (χ0) is 37.6. The number of likely N-dealkylation sites (N-methyl/N-ethyl adjacent to an activating group) is 2. The van der Waals surface area contributed by atoms with Crippen molar-refractivity contribution in [1.82, 2.24) is 20.4 Å². The van der Waals surface area contributed by atoms with E-state index in [1.54, 1.807) is 27.8 Å². The third kappa shape index (κ3) is 14.4.